The van der Waals surface area contributed by atoms with Crippen molar-refractivity contribution in [3.05, 3.63) is 66.2 Å². The molecule has 4 aromatic rings. The third kappa shape index (κ3) is 4.61. The highest BCUT2D eigenvalue weighted by molar-refractivity contribution is 6.07. The number of carbonyl (C=O) groups is 1. The molecule has 0 saturated heterocycles. The number of amides is 1. The molecule has 1 N–H and O–H groups in total. The highest BCUT2D eigenvalue weighted by Crippen LogP contribution is 2.36. The van der Waals surface area contributed by atoms with Gasteiger partial charge >= 0.3 is 0 Å². The average molecular weight is 418 g/mol. The maximum Gasteiger partial charge on any atom is 0.265 e. The van der Waals surface area contributed by atoms with Gasteiger partial charge in [0.2, 0.25) is 0 Å². The number of nitrogens with one attached hydrogen (secondary N) is 1. The summed E-state index contributed by atoms with van der Waals surface area (Å²) < 4.78 is 16.7. The van der Waals surface area contributed by atoms with Crippen LogP contribution in [-0.4, -0.2) is 32.4 Å². The Balaban J connectivity index is 1.40. The lowest BCUT2D eigenvalue weighted by atomic mass is 10.1. The average Bonchev–Trinajstić information content (AvgIpc) is 3.15. The van der Waals surface area contributed by atoms with Crippen LogP contribution in [-0.2, 0) is 9.63 Å². The number of ether oxygens (including phenoxy) is 2. The summed E-state index contributed by atoms with van der Waals surface area (Å²) >= 11 is 0. The first-order valence-corrected chi connectivity index (χ1v) is 9.85. The Kier molecular flexibility index (Phi) is 6.03. The molecule has 0 aliphatic carbocycles. The topological polar surface area (TPSA) is 82.3 Å². The van der Waals surface area contributed by atoms with Gasteiger partial charge in [-0.1, -0.05) is 23.4 Å². The van der Waals surface area contributed by atoms with Gasteiger partial charge in [-0.3, -0.25) is 4.79 Å². The molecule has 0 saturated carbocycles. The molecular weight excluding hydrogens is 396 g/mol. The van der Waals surface area contributed by atoms with Gasteiger partial charge in [0.15, 0.2) is 6.61 Å². The summed E-state index contributed by atoms with van der Waals surface area (Å²) in [5, 5.41) is 8.53. The molecule has 0 aliphatic rings. The smallest absolute Gasteiger partial charge is 0.265 e. The second kappa shape index (κ2) is 9.21. The highest BCUT2D eigenvalue weighted by Gasteiger charge is 2.14. The number of oxime groups is 1. The van der Waals surface area contributed by atoms with Crippen LogP contribution in [0.2, 0.25) is 0 Å². The number of furan rings is 1. The second-order valence-electron chi connectivity index (χ2n) is 6.71. The van der Waals surface area contributed by atoms with Gasteiger partial charge in [-0.05, 0) is 48.9 Å². The SMILES string of the molecule is CCOc1ccc(/C=N\OCC(=O)Nc2cc3oc4ccccc4c3cc2OC)cc1. The van der Waals surface area contributed by atoms with Crippen molar-refractivity contribution < 1.29 is 23.5 Å². The summed E-state index contributed by atoms with van der Waals surface area (Å²) in [7, 11) is 1.55. The summed E-state index contributed by atoms with van der Waals surface area (Å²) in [5.74, 6) is 0.957. The maximum atomic E-state index is 12.3. The molecule has 31 heavy (non-hydrogen) atoms. The van der Waals surface area contributed by atoms with Gasteiger partial charge in [0.1, 0.15) is 22.7 Å². The molecule has 1 aromatic heterocycles. The van der Waals surface area contributed by atoms with E-state index >= 15 is 0 Å². The minimum atomic E-state index is -0.363. The molecule has 1 amide bonds. The van der Waals surface area contributed by atoms with Crippen molar-refractivity contribution >= 4 is 39.7 Å². The summed E-state index contributed by atoms with van der Waals surface area (Å²) in [6, 6.07) is 18.7. The lowest BCUT2D eigenvalue weighted by Gasteiger charge is -2.09. The van der Waals surface area contributed by atoms with Gasteiger partial charge in [-0.15, -0.1) is 0 Å². The van der Waals surface area contributed by atoms with E-state index in [-0.39, 0.29) is 12.5 Å². The Morgan fingerprint density at radius 1 is 1.06 bits per heavy atom. The molecule has 3 aromatic carbocycles. The van der Waals surface area contributed by atoms with Crippen molar-refractivity contribution in [2.75, 3.05) is 25.6 Å². The van der Waals surface area contributed by atoms with E-state index in [1.807, 2.05) is 61.5 Å². The number of rotatable bonds is 8. The monoisotopic (exact) mass is 418 g/mol. The Bertz CT molecular complexity index is 1230. The predicted molar refractivity (Wildman–Crippen MR) is 120 cm³/mol. The first-order valence-electron chi connectivity index (χ1n) is 9.85. The molecule has 7 nitrogen and oxygen atoms in total. The summed E-state index contributed by atoms with van der Waals surface area (Å²) in [6.07, 6.45) is 1.53. The van der Waals surface area contributed by atoms with Crippen LogP contribution < -0.4 is 14.8 Å². The van der Waals surface area contributed by atoms with E-state index in [0.29, 0.717) is 23.6 Å². The number of anilines is 1. The van der Waals surface area contributed by atoms with Crippen LogP contribution in [0.3, 0.4) is 0 Å². The fourth-order valence-electron chi connectivity index (χ4n) is 3.22. The van der Waals surface area contributed by atoms with Crippen molar-refractivity contribution in [1.29, 1.82) is 0 Å². The van der Waals surface area contributed by atoms with Gasteiger partial charge in [0, 0.05) is 16.8 Å². The molecule has 0 atom stereocenters. The van der Waals surface area contributed by atoms with E-state index in [0.717, 1.165) is 27.7 Å². The fourth-order valence-corrected chi connectivity index (χ4v) is 3.22. The lowest BCUT2D eigenvalue weighted by molar-refractivity contribution is -0.120. The fraction of sp³-hybridized carbons (Fsp3) is 0.167. The number of methoxy groups -OCH3 is 1. The summed E-state index contributed by atoms with van der Waals surface area (Å²) in [5.41, 5.74) is 2.76. The van der Waals surface area contributed by atoms with Crippen molar-refractivity contribution in [1.82, 2.24) is 0 Å². The van der Waals surface area contributed by atoms with Crippen LogP contribution in [0.25, 0.3) is 21.9 Å². The van der Waals surface area contributed by atoms with Crippen molar-refractivity contribution in [2.24, 2.45) is 5.16 Å². The standard InChI is InChI=1S/C24H22N2O5/c1-3-29-17-10-8-16(9-11-17)14-25-30-15-24(27)26-20-13-22-19(12-23(20)28-2)18-6-4-5-7-21(18)31-22/h4-14H,3,15H2,1-2H3,(H,26,27)/b25-14-. The lowest BCUT2D eigenvalue weighted by Crippen LogP contribution is -2.17. The molecule has 0 spiro atoms. The zero-order valence-electron chi connectivity index (χ0n) is 17.3. The minimum Gasteiger partial charge on any atom is -0.495 e. The van der Waals surface area contributed by atoms with Gasteiger partial charge < -0.3 is 24.0 Å². The number of carbonyl (C=O) groups excluding carboxylic acids is 1. The molecule has 1 heterocycles. The minimum absolute atomic E-state index is 0.241. The Hall–Kier alpha value is -4.00. The van der Waals surface area contributed by atoms with Crippen LogP contribution in [0.5, 0.6) is 11.5 Å². The molecule has 158 valence electrons. The summed E-state index contributed by atoms with van der Waals surface area (Å²) in [4.78, 5) is 17.4. The van der Waals surface area contributed by atoms with Crippen LogP contribution in [0.15, 0.2) is 70.2 Å². The third-order valence-electron chi connectivity index (χ3n) is 4.64. The number of para-hydroxylation sites is 1. The van der Waals surface area contributed by atoms with E-state index in [1.54, 1.807) is 13.2 Å². The van der Waals surface area contributed by atoms with E-state index in [1.165, 1.54) is 6.21 Å². The second-order valence-corrected chi connectivity index (χ2v) is 6.71. The molecule has 0 aliphatic heterocycles. The quantitative estimate of drug-likeness (QED) is 0.322. The van der Waals surface area contributed by atoms with E-state index in [2.05, 4.69) is 10.5 Å². The Labute approximate surface area is 179 Å². The van der Waals surface area contributed by atoms with E-state index in [9.17, 15) is 4.79 Å². The van der Waals surface area contributed by atoms with Crippen LogP contribution in [0.1, 0.15) is 12.5 Å². The van der Waals surface area contributed by atoms with Gasteiger partial charge in [0.05, 0.1) is 25.6 Å². The highest BCUT2D eigenvalue weighted by atomic mass is 16.6. The van der Waals surface area contributed by atoms with Gasteiger partial charge in [-0.2, -0.15) is 0 Å². The van der Waals surface area contributed by atoms with Crippen LogP contribution in [0.4, 0.5) is 5.69 Å². The largest absolute Gasteiger partial charge is 0.495 e. The third-order valence-corrected chi connectivity index (χ3v) is 4.64. The zero-order valence-corrected chi connectivity index (χ0v) is 17.3. The van der Waals surface area contributed by atoms with Crippen molar-refractivity contribution in [3.63, 3.8) is 0 Å². The molecule has 0 bridgehead atoms. The molecule has 0 fully saturated rings. The maximum absolute atomic E-state index is 12.3. The molecule has 0 radical (unpaired) electrons. The number of nitrogens with zero attached hydrogens (tertiary/aromatic N) is 1. The van der Waals surface area contributed by atoms with Gasteiger partial charge in [0.25, 0.3) is 5.91 Å². The normalized spacial score (nSPS) is 11.2. The Morgan fingerprint density at radius 2 is 1.87 bits per heavy atom. The molecular formula is C24H22N2O5. The van der Waals surface area contributed by atoms with Gasteiger partial charge in [-0.25, -0.2) is 0 Å². The predicted octanol–water partition coefficient (Wildman–Crippen LogP) is 4.98. The Morgan fingerprint density at radius 3 is 2.65 bits per heavy atom. The number of hydrogen-bond acceptors (Lipinski definition) is 6. The van der Waals surface area contributed by atoms with Crippen molar-refractivity contribution in [2.45, 2.75) is 6.92 Å². The van der Waals surface area contributed by atoms with E-state index < -0.39 is 0 Å². The first kappa shape index (κ1) is 20.3. The van der Waals surface area contributed by atoms with Crippen LogP contribution >= 0.6 is 0 Å². The molecule has 7 heteroatoms. The van der Waals surface area contributed by atoms with Crippen LogP contribution in [0, 0.1) is 0 Å². The first-order chi connectivity index (χ1) is 15.2. The number of hydrogen-bond donors (Lipinski definition) is 1. The number of benzene rings is 3. The zero-order chi connectivity index (χ0) is 21.6. The number of fused-ring (bicyclic) bond motifs is 3. The molecule has 4 rings (SSSR count). The molecule has 0 unspecified atom stereocenters. The summed E-state index contributed by atoms with van der Waals surface area (Å²) in [6.45, 7) is 2.30. The van der Waals surface area contributed by atoms with E-state index in [4.69, 9.17) is 18.7 Å². The van der Waals surface area contributed by atoms with Crippen molar-refractivity contribution in [3.8, 4) is 11.5 Å².